The highest BCUT2D eigenvalue weighted by molar-refractivity contribution is 5.86. The zero-order valence-electron chi connectivity index (χ0n) is 12.5. The number of esters is 1. The van der Waals surface area contributed by atoms with E-state index in [0.717, 1.165) is 16.7 Å². The minimum atomic E-state index is -0.567. The number of hydrogen-bond donors (Lipinski definition) is 0. The average Bonchev–Trinajstić information content (AvgIpc) is 2.82. The van der Waals surface area contributed by atoms with E-state index in [1.54, 1.807) is 0 Å². The molecule has 0 unspecified atom stereocenters. The van der Waals surface area contributed by atoms with Gasteiger partial charge in [0.1, 0.15) is 5.75 Å². The third kappa shape index (κ3) is 2.64. The molecule has 0 saturated carbocycles. The highest BCUT2D eigenvalue weighted by Crippen LogP contribution is 2.29. The van der Waals surface area contributed by atoms with Gasteiger partial charge in [-0.15, -0.1) is 0 Å². The second-order valence-corrected chi connectivity index (χ2v) is 5.44. The molecule has 20 heavy (non-hydrogen) atoms. The molecule has 0 aliphatic rings. The predicted molar refractivity (Wildman–Crippen MR) is 78.9 cm³/mol. The summed E-state index contributed by atoms with van der Waals surface area (Å²) in [7, 11) is 1.42. The highest BCUT2D eigenvalue weighted by Gasteiger charge is 2.29. The maximum Gasteiger partial charge on any atom is 0.313 e. The van der Waals surface area contributed by atoms with Gasteiger partial charge in [0, 0.05) is 18.1 Å². The van der Waals surface area contributed by atoms with Crippen LogP contribution in [0.25, 0.3) is 10.9 Å². The number of aromatic nitrogens is 1. The average molecular weight is 275 g/mol. The molecule has 2 aromatic rings. The van der Waals surface area contributed by atoms with E-state index < -0.39 is 5.41 Å². The largest absolute Gasteiger partial charge is 0.493 e. The number of ether oxygens (including phenoxy) is 2. The summed E-state index contributed by atoms with van der Waals surface area (Å²) in [5.74, 6) is 0.667. The van der Waals surface area contributed by atoms with E-state index in [4.69, 9.17) is 9.47 Å². The van der Waals surface area contributed by atoms with E-state index in [1.807, 2.05) is 51.2 Å². The van der Waals surface area contributed by atoms with E-state index in [0.29, 0.717) is 13.2 Å². The molecule has 108 valence electrons. The first-order chi connectivity index (χ1) is 9.49. The molecule has 0 amide bonds. The van der Waals surface area contributed by atoms with Crippen molar-refractivity contribution in [2.75, 3.05) is 13.7 Å². The van der Waals surface area contributed by atoms with E-state index in [2.05, 4.69) is 4.57 Å². The lowest BCUT2D eigenvalue weighted by Crippen LogP contribution is -2.30. The van der Waals surface area contributed by atoms with Crippen LogP contribution in [0.4, 0.5) is 0 Å². The molecule has 4 nitrogen and oxygen atoms in total. The summed E-state index contributed by atoms with van der Waals surface area (Å²) in [5, 5.41) is 1.06. The first-order valence-electron chi connectivity index (χ1n) is 6.78. The lowest BCUT2D eigenvalue weighted by atomic mass is 9.93. The standard InChI is InChI=1S/C16H21NO3/c1-5-20-14-8-6-7-13-12(14)9-10-17(13)11-16(2,3)15(18)19-4/h6-10H,5,11H2,1-4H3. The van der Waals surface area contributed by atoms with Gasteiger partial charge < -0.3 is 14.0 Å². The van der Waals surface area contributed by atoms with Gasteiger partial charge in [-0.25, -0.2) is 0 Å². The summed E-state index contributed by atoms with van der Waals surface area (Å²) in [6, 6.07) is 7.98. The number of carbonyl (C=O) groups excluding carboxylic acids is 1. The van der Waals surface area contributed by atoms with Crippen molar-refractivity contribution in [3.63, 3.8) is 0 Å². The Labute approximate surface area is 119 Å². The molecule has 1 aromatic carbocycles. The summed E-state index contributed by atoms with van der Waals surface area (Å²) >= 11 is 0. The van der Waals surface area contributed by atoms with Gasteiger partial charge in [-0.05, 0) is 39.0 Å². The van der Waals surface area contributed by atoms with Crippen LogP contribution in [-0.4, -0.2) is 24.3 Å². The van der Waals surface area contributed by atoms with E-state index in [9.17, 15) is 4.79 Å². The lowest BCUT2D eigenvalue weighted by Gasteiger charge is -2.22. The fourth-order valence-electron chi connectivity index (χ4n) is 2.38. The van der Waals surface area contributed by atoms with Gasteiger partial charge in [0.05, 0.1) is 24.6 Å². The van der Waals surface area contributed by atoms with Gasteiger partial charge in [0.2, 0.25) is 0 Å². The monoisotopic (exact) mass is 275 g/mol. The molecule has 0 bridgehead atoms. The second kappa shape index (κ2) is 5.57. The van der Waals surface area contributed by atoms with Crippen molar-refractivity contribution in [1.29, 1.82) is 0 Å². The Hall–Kier alpha value is -1.97. The quantitative estimate of drug-likeness (QED) is 0.786. The van der Waals surface area contributed by atoms with Crippen molar-refractivity contribution >= 4 is 16.9 Å². The molecular weight excluding hydrogens is 254 g/mol. The molecule has 0 aliphatic carbocycles. The first-order valence-corrected chi connectivity index (χ1v) is 6.78. The summed E-state index contributed by atoms with van der Waals surface area (Å²) in [4.78, 5) is 11.8. The molecule has 0 aliphatic heterocycles. The van der Waals surface area contributed by atoms with Crippen LogP contribution in [0.1, 0.15) is 20.8 Å². The molecule has 0 N–H and O–H groups in total. The summed E-state index contributed by atoms with van der Waals surface area (Å²) in [5.41, 5.74) is 0.496. The third-order valence-electron chi connectivity index (χ3n) is 3.38. The Kier molecular flexibility index (Phi) is 4.02. The van der Waals surface area contributed by atoms with Crippen molar-refractivity contribution in [3.8, 4) is 5.75 Å². The molecule has 0 fully saturated rings. The fourth-order valence-corrected chi connectivity index (χ4v) is 2.38. The zero-order valence-corrected chi connectivity index (χ0v) is 12.5. The van der Waals surface area contributed by atoms with Crippen molar-refractivity contribution in [2.45, 2.75) is 27.3 Å². The van der Waals surface area contributed by atoms with Gasteiger partial charge >= 0.3 is 5.97 Å². The Morgan fingerprint density at radius 1 is 1.30 bits per heavy atom. The number of fused-ring (bicyclic) bond motifs is 1. The van der Waals surface area contributed by atoms with Gasteiger partial charge in [-0.3, -0.25) is 4.79 Å². The third-order valence-corrected chi connectivity index (χ3v) is 3.38. The molecule has 0 saturated heterocycles. The Balaban J connectivity index is 2.37. The van der Waals surface area contributed by atoms with Crippen LogP contribution >= 0.6 is 0 Å². The molecule has 1 aromatic heterocycles. The molecule has 0 radical (unpaired) electrons. The number of rotatable bonds is 5. The Bertz CT molecular complexity index is 613. The van der Waals surface area contributed by atoms with Gasteiger partial charge in [-0.1, -0.05) is 6.07 Å². The maximum absolute atomic E-state index is 11.8. The van der Waals surface area contributed by atoms with Crippen LogP contribution in [0.3, 0.4) is 0 Å². The van der Waals surface area contributed by atoms with Crippen LogP contribution in [0.2, 0.25) is 0 Å². The van der Waals surface area contributed by atoms with Gasteiger partial charge in [0.15, 0.2) is 0 Å². The summed E-state index contributed by atoms with van der Waals surface area (Å²) in [6.45, 7) is 6.95. The maximum atomic E-state index is 11.8. The van der Waals surface area contributed by atoms with E-state index >= 15 is 0 Å². The fraction of sp³-hybridized carbons (Fsp3) is 0.438. The van der Waals surface area contributed by atoms with Crippen LogP contribution in [0.15, 0.2) is 30.5 Å². The normalized spacial score (nSPS) is 11.6. The molecule has 0 atom stereocenters. The van der Waals surface area contributed by atoms with Gasteiger partial charge in [-0.2, -0.15) is 0 Å². The molecule has 1 heterocycles. The minimum absolute atomic E-state index is 0.208. The number of benzene rings is 1. The smallest absolute Gasteiger partial charge is 0.313 e. The molecule has 0 spiro atoms. The van der Waals surface area contributed by atoms with Crippen LogP contribution < -0.4 is 4.74 Å². The minimum Gasteiger partial charge on any atom is -0.493 e. The molecule has 2 rings (SSSR count). The molecular formula is C16H21NO3. The molecule has 4 heteroatoms. The number of nitrogens with zero attached hydrogens (tertiary/aromatic N) is 1. The van der Waals surface area contributed by atoms with Crippen LogP contribution in [0, 0.1) is 5.41 Å². The van der Waals surface area contributed by atoms with Crippen molar-refractivity contribution < 1.29 is 14.3 Å². The van der Waals surface area contributed by atoms with Crippen molar-refractivity contribution in [1.82, 2.24) is 4.57 Å². The number of carbonyl (C=O) groups is 1. The predicted octanol–water partition coefficient (Wildman–Crippen LogP) is 3.24. The lowest BCUT2D eigenvalue weighted by molar-refractivity contribution is -0.151. The topological polar surface area (TPSA) is 40.5 Å². The SMILES string of the molecule is CCOc1cccc2c1ccn2CC(C)(C)C(=O)OC. The highest BCUT2D eigenvalue weighted by atomic mass is 16.5. The summed E-state index contributed by atoms with van der Waals surface area (Å²) < 4.78 is 12.6. The van der Waals surface area contributed by atoms with Crippen molar-refractivity contribution in [3.05, 3.63) is 30.5 Å². The number of hydrogen-bond acceptors (Lipinski definition) is 3. The Morgan fingerprint density at radius 3 is 2.70 bits per heavy atom. The zero-order chi connectivity index (χ0) is 14.8. The van der Waals surface area contributed by atoms with Crippen LogP contribution in [0.5, 0.6) is 5.75 Å². The second-order valence-electron chi connectivity index (χ2n) is 5.44. The van der Waals surface area contributed by atoms with E-state index in [1.165, 1.54) is 7.11 Å². The van der Waals surface area contributed by atoms with Crippen LogP contribution in [-0.2, 0) is 16.1 Å². The van der Waals surface area contributed by atoms with Crippen molar-refractivity contribution in [2.24, 2.45) is 5.41 Å². The summed E-state index contributed by atoms with van der Waals surface area (Å²) in [6.07, 6.45) is 1.98. The first kappa shape index (κ1) is 14.4. The number of methoxy groups -OCH3 is 1. The Morgan fingerprint density at radius 2 is 2.05 bits per heavy atom. The van der Waals surface area contributed by atoms with Gasteiger partial charge in [0.25, 0.3) is 0 Å². The van der Waals surface area contributed by atoms with E-state index in [-0.39, 0.29) is 5.97 Å².